The maximum atomic E-state index is 10.1. The monoisotopic (exact) mass is 429 g/mol. The lowest BCUT2D eigenvalue weighted by molar-refractivity contribution is 0.00399. The van der Waals surface area contributed by atoms with Crippen LogP contribution in [0.3, 0.4) is 0 Å². The van der Waals surface area contributed by atoms with Gasteiger partial charge in [0, 0.05) is 29.9 Å². The number of aliphatic hydroxyl groups is 1. The predicted octanol–water partition coefficient (Wildman–Crippen LogP) is 3.17. The number of para-hydroxylation sites is 1. The number of rotatable bonds is 2. The molecular formula is C24H23N5O3. The number of aromatic nitrogens is 5. The van der Waals surface area contributed by atoms with Crippen LogP contribution in [0.15, 0.2) is 48.8 Å². The number of pyridine rings is 1. The van der Waals surface area contributed by atoms with Crippen LogP contribution in [0.2, 0.25) is 0 Å². The van der Waals surface area contributed by atoms with Crippen molar-refractivity contribution in [3.05, 3.63) is 66.0 Å². The molecule has 0 amide bonds. The van der Waals surface area contributed by atoms with Crippen molar-refractivity contribution < 1.29 is 14.6 Å². The summed E-state index contributed by atoms with van der Waals surface area (Å²) in [5, 5.41) is 10.1. The molecule has 1 atom stereocenters. The Morgan fingerprint density at radius 1 is 1.06 bits per heavy atom. The fourth-order valence-corrected chi connectivity index (χ4v) is 4.69. The van der Waals surface area contributed by atoms with Gasteiger partial charge >= 0.3 is 0 Å². The quantitative estimate of drug-likeness (QED) is 0.523. The summed E-state index contributed by atoms with van der Waals surface area (Å²) in [6, 6.07) is 12.0. The van der Waals surface area contributed by atoms with Gasteiger partial charge in [-0.2, -0.15) is 0 Å². The van der Waals surface area contributed by atoms with Gasteiger partial charge in [0.15, 0.2) is 11.5 Å². The van der Waals surface area contributed by atoms with E-state index < -0.39 is 11.1 Å². The van der Waals surface area contributed by atoms with Crippen LogP contribution in [-0.2, 0) is 22.5 Å². The Bertz CT molecular complexity index is 1320. The van der Waals surface area contributed by atoms with Crippen molar-refractivity contribution in [2.75, 3.05) is 13.2 Å². The zero-order chi connectivity index (χ0) is 21.9. The number of imidazole rings is 1. The summed E-state index contributed by atoms with van der Waals surface area (Å²) >= 11 is 0. The number of hydrogen-bond donors (Lipinski definition) is 1. The summed E-state index contributed by atoms with van der Waals surface area (Å²) in [7, 11) is 0. The minimum Gasteiger partial charge on any atom is -0.493 e. The number of benzene rings is 1. The maximum Gasteiger partial charge on any atom is 0.161 e. The van der Waals surface area contributed by atoms with Crippen molar-refractivity contribution in [2.24, 2.45) is 0 Å². The minimum atomic E-state index is -1.09. The average Bonchev–Trinajstić information content (AvgIpc) is 3.18. The molecule has 0 fully saturated rings. The first kappa shape index (κ1) is 19.3. The lowest BCUT2D eigenvalue weighted by Crippen LogP contribution is -2.47. The highest BCUT2D eigenvalue weighted by molar-refractivity contribution is 5.77. The highest BCUT2D eigenvalue weighted by Crippen LogP contribution is 2.44. The Morgan fingerprint density at radius 3 is 2.69 bits per heavy atom. The van der Waals surface area contributed by atoms with E-state index in [0.29, 0.717) is 25.6 Å². The van der Waals surface area contributed by atoms with E-state index in [1.165, 1.54) is 0 Å². The molecule has 2 aliphatic rings. The molecule has 32 heavy (non-hydrogen) atoms. The molecular weight excluding hydrogens is 406 g/mol. The van der Waals surface area contributed by atoms with Gasteiger partial charge in [0.1, 0.15) is 34.8 Å². The van der Waals surface area contributed by atoms with Gasteiger partial charge in [-0.25, -0.2) is 19.9 Å². The average molecular weight is 429 g/mol. The molecule has 8 nitrogen and oxygen atoms in total. The van der Waals surface area contributed by atoms with Gasteiger partial charge in [0.05, 0.1) is 18.9 Å². The van der Waals surface area contributed by atoms with E-state index in [2.05, 4.69) is 20.6 Å². The number of ether oxygens (including phenoxy) is 2. The molecule has 1 N–H and O–H groups in total. The van der Waals surface area contributed by atoms with E-state index in [1.807, 2.05) is 30.3 Å². The maximum absolute atomic E-state index is 10.1. The van der Waals surface area contributed by atoms with Crippen LogP contribution in [0, 0.1) is 0 Å². The fraction of sp³-hybridized carbons (Fsp3) is 0.333. The second-order valence-electron chi connectivity index (χ2n) is 8.88. The van der Waals surface area contributed by atoms with Crippen molar-refractivity contribution in [3.8, 4) is 17.0 Å². The van der Waals surface area contributed by atoms with Gasteiger partial charge < -0.3 is 14.6 Å². The van der Waals surface area contributed by atoms with Gasteiger partial charge in [-0.05, 0) is 32.0 Å². The van der Waals surface area contributed by atoms with Crippen molar-refractivity contribution in [1.29, 1.82) is 0 Å². The molecule has 1 spiro atoms. The largest absolute Gasteiger partial charge is 0.493 e. The van der Waals surface area contributed by atoms with E-state index in [-0.39, 0.29) is 0 Å². The summed E-state index contributed by atoms with van der Waals surface area (Å²) in [5.41, 5.74) is 2.76. The Hall–Kier alpha value is -3.36. The third-order valence-corrected chi connectivity index (χ3v) is 6.23. The Labute approximate surface area is 184 Å². The lowest BCUT2D eigenvalue weighted by atomic mass is 9.84. The molecule has 8 heteroatoms. The number of nitrogens with zero attached hydrogens (tertiary/aromatic N) is 5. The van der Waals surface area contributed by atoms with Crippen molar-refractivity contribution in [2.45, 2.75) is 38.0 Å². The van der Waals surface area contributed by atoms with Gasteiger partial charge in [-0.15, -0.1) is 0 Å². The van der Waals surface area contributed by atoms with Crippen LogP contribution in [0.25, 0.3) is 22.4 Å². The van der Waals surface area contributed by atoms with E-state index in [1.54, 1.807) is 26.2 Å². The van der Waals surface area contributed by atoms with Crippen LogP contribution in [0.1, 0.15) is 37.5 Å². The Kier molecular flexibility index (Phi) is 4.12. The van der Waals surface area contributed by atoms with E-state index >= 15 is 0 Å². The molecule has 1 aromatic carbocycles. The Balaban J connectivity index is 1.52. The lowest BCUT2D eigenvalue weighted by Gasteiger charge is -2.43. The second-order valence-corrected chi connectivity index (χ2v) is 8.88. The van der Waals surface area contributed by atoms with Crippen LogP contribution in [-0.4, -0.2) is 42.8 Å². The van der Waals surface area contributed by atoms with Crippen LogP contribution >= 0.6 is 0 Å². The summed E-state index contributed by atoms with van der Waals surface area (Å²) in [5.74, 6) is 2.11. The second kappa shape index (κ2) is 6.82. The molecule has 0 saturated heterocycles. The number of fused-ring (bicyclic) bond motifs is 6. The molecule has 0 aliphatic carbocycles. The van der Waals surface area contributed by atoms with Gasteiger partial charge in [-0.3, -0.25) is 4.57 Å². The first-order valence-electron chi connectivity index (χ1n) is 10.7. The summed E-state index contributed by atoms with van der Waals surface area (Å²) in [6.45, 7) is 4.92. The molecule has 0 bridgehead atoms. The molecule has 4 aromatic rings. The predicted molar refractivity (Wildman–Crippen MR) is 117 cm³/mol. The summed E-state index contributed by atoms with van der Waals surface area (Å²) in [4.78, 5) is 18.5. The minimum absolute atomic E-state index is 0.374. The Morgan fingerprint density at radius 2 is 1.88 bits per heavy atom. The fourth-order valence-electron chi connectivity index (χ4n) is 4.69. The molecule has 5 heterocycles. The molecule has 6 rings (SSSR count). The first-order valence-corrected chi connectivity index (χ1v) is 10.7. The number of hydrogen-bond acceptors (Lipinski definition) is 7. The summed E-state index contributed by atoms with van der Waals surface area (Å²) in [6.07, 6.45) is 4.17. The zero-order valence-corrected chi connectivity index (χ0v) is 17.9. The van der Waals surface area contributed by atoms with E-state index in [4.69, 9.17) is 19.4 Å². The van der Waals surface area contributed by atoms with Crippen LogP contribution in [0.4, 0.5) is 0 Å². The zero-order valence-electron chi connectivity index (χ0n) is 17.9. The standard InChI is InChI=1S/C24H23N5O3/c1-23(2,30)22-25-11-15(12-26-22)17-7-8-18-21(28-17)29-20(27-18)13-31-14-24(29)9-10-32-19-6-4-3-5-16(19)24/h3-8,11-12,30H,9-10,13-14H2,1-2H3/t24-/m0/s1. The van der Waals surface area contributed by atoms with Crippen molar-refractivity contribution in [3.63, 3.8) is 0 Å². The van der Waals surface area contributed by atoms with E-state index in [0.717, 1.165) is 46.0 Å². The van der Waals surface area contributed by atoms with Crippen molar-refractivity contribution in [1.82, 2.24) is 24.5 Å². The van der Waals surface area contributed by atoms with Gasteiger partial charge in [0.25, 0.3) is 0 Å². The third-order valence-electron chi connectivity index (χ3n) is 6.23. The van der Waals surface area contributed by atoms with Crippen molar-refractivity contribution >= 4 is 11.2 Å². The van der Waals surface area contributed by atoms with E-state index in [9.17, 15) is 5.11 Å². The van der Waals surface area contributed by atoms with Gasteiger partial charge in [0.2, 0.25) is 0 Å². The molecule has 0 unspecified atom stereocenters. The summed E-state index contributed by atoms with van der Waals surface area (Å²) < 4.78 is 14.2. The molecule has 3 aromatic heterocycles. The highest BCUT2D eigenvalue weighted by Gasteiger charge is 2.44. The molecule has 0 radical (unpaired) electrons. The van der Waals surface area contributed by atoms with Gasteiger partial charge in [-0.1, -0.05) is 18.2 Å². The first-order chi connectivity index (χ1) is 15.5. The SMILES string of the molecule is CC(C)(O)c1ncc(-c2ccc3nc4n(c3n2)[C@@]2(CCOc3ccccc32)COC4)cn1. The topological polar surface area (TPSA) is 95.2 Å². The normalized spacial score (nSPS) is 20.1. The molecule has 0 saturated carbocycles. The smallest absolute Gasteiger partial charge is 0.161 e. The van der Waals surface area contributed by atoms with Crippen LogP contribution in [0.5, 0.6) is 5.75 Å². The highest BCUT2D eigenvalue weighted by atomic mass is 16.5. The molecule has 162 valence electrons. The molecule has 2 aliphatic heterocycles. The van der Waals surface area contributed by atoms with Crippen LogP contribution < -0.4 is 4.74 Å². The third kappa shape index (κ3) is 2.83.